The van der Waals surface area contributed by atoms with Crippen molar-refractivity contribution in [3.05, 3.63) is 0 Å². The van der Waals surface area contributed by atoms with E-state index in [1.165, 1.54) is 0 Å². The monoisotopic (exact) mass is 139 g/mol. The Labute approximate surface area is 51.4 Å². The van der Waals surface area contributed by atoms with Crippen molar-refractivity contribution in [1.29, 1.82) is 0 Å². The van der Waals surface area contributed by atoms with Crippen molar-refractivity contribution >= 4 is 8.69 Å². The third kappa shape index (κ3) is 35.3. The predicted octanol–water partition coefficient (Wildman–Crippen LogP) is 0.266. The van der Waals surface area contributed by atoms with Crippen LogP contribution in [-0.4, -0.2) is 18.0 Å². The van der Waals surface area contributed by atoms with Crippen LogP contribution < -0.4 is 5.32 Å². The summed E-state index contributed by atoms with van der Waals surface area (Å²) in [5.74, 6) is 0. The highest BCUT2D eigenvalue weighted by Gasteiger charge is 1.62. The van der Waals surface area contributed by atoms with Crippen LogP contribution in [0.15, 0.2) is 0 Å². The van der Waals surface area contributed by atoms with Crippen molar-refractivity contribution in [1.82, 2.24) is 5.32 Å². The van der Waals surface area contributed by atoms with Gasteiger partial charge in [0, 0.05) is 0 Å². The molecule has 8 heavy (non-hydrogen) atoms. The lowest BCUT2D eigenvalue weighted by Gasteiger charge is -1.86. The molecule has 0 aliphatic rings. The van der Waals surface area contributed by atoms with Gasteiger partial charge in [-0.25, -0.2) is 0 Å². The zero-order valence-electron chi connectivity index (χ0n) is 5.35. The van der Waals surface area contributed by atoms with Crippen molar-refractivity contribution in [2.75, 3.05) is 13.1 Å². The van der Waals surface area contributed by atoms with Gasteiger partial charge in [0.15, 0.2) is 8.69 Å². The topological polar surface area (TPSA) is 49.3 Å². The van der Waals surface area contributed by atoms with Crippen LogP contribution in [0.5, 0.6) is 0 Å². The molecule has 0 amide bonds. The maximum absolute atomic E-state index is 8.57. The fraction of sp³-hybridized carbons (Fsp3) is 1.00. The van der Waals surface area contributed by atoms with E-state index in [9.17, 15) is 0 Å². The van der Waals surface area contributed by atoms with Gasteiger partial charge in [0.1, 0.15) is 0 Å². The first-order valence-electron chi connectivity index (χ1n) is 2.62. The van der Waals surface area contributed by atoms with E-state index in [4.69, 9.17) is 9.46 Å². The van der Waals surface area contributed by atoms with Crippen molar-refractivity contribution in [3.8, 4) is 0 Å². The Morgan fingerprint density at radius 1 is 1.50 bits per heavy atom. The van der Waals surface area contributed by atoms with Crippen LogP contribution in [-0.2, 0) is 4.57 Å². The van der Waals surface area contributed by atoms with Crippen LogP contribution >= 0.6 is 8.69 Å². The van der Waals surface area contributed by atoms with E-state index >= 15 is 0 Å². The molecule has 2 N–H and O–H groups in total. The summed E-state index contributed by atoms with van der Waals surface area (Å²) in [6.45, 7) is 6.39. The van der Waals surface area contributed by atoms with Crippen LogP contribution in [0.25, 0.3) is 0 Å². The molecule has 0 saturated carbocycles. The van der Waals surface area contributed by atoms with Gasteiger partial charge in [-0.05, 0) is 13.1 Å². The van der Waals surface area contributed by atoms with Crippen LogP contribution in [0.3, 0.4) is 0 Å². The number of nitrogens with one attached hydrogen (secondary N) is 1. The van der Waals surface area contributed by atoms with E-state index in [0.29, 0.717) is 0 Å². The molecule has 0 aromatic rings. The van der Waals surface area contributed by atoms with Crippen LogP contribution in [0.2, 0.25) is 0 Å². The fourth-order valence-corrected chi connectivity index (χ4v) is 0.250. The minimum absolute atomic E-state index is 1.09. The van der Waals surface area contributed by atoms with Crippen molar-refractivity contribution in [3.63, 3.8) is 0 Å². The van der Waals surface area contributed by atoms with Gasteiger partial charge in [-0.15, -0.1) is 0 Å². The maximum atomic E-state index is 8.57. The zero-order valence-corrected chi connectivity index (χ0v) is 6.50. The molecular formula is C4H14NO2P. The summed E-state index contributed by atoms with van der Waals surface area (Å²) >= 11 is 0. The van der Waals surface area contributed by atoms with Gasteiger partial charge in [0.25, 0.3) is 0 Å². The predicted molar refractivity (Wildman–Crippen MR) is 36.8 cm³/mol. The molecule has 4 heteroatoms. The van der Waals surface area contributed by atoms with Gasteiger partial charge >= 0.3 is 0 Å². The molecule has 0 fully saturated rings. The fourth-order valence-electron chi connectivity index (χ4n) is 0.250. The molecule has 0 aromatic heterocycles. The van der Waals surface area contributed by atoms with E-state index in [-0.39, 0.29) is 0 Å². The molecule has 0 aromatic carbocycles. The molecule has 0 bridgehead atoms. The van der Waals surface area contributed by atoms with E-state index in [0.717, 1.165) is 13.1 Å². The van der Waals surface area contributed by atoms with Gasteiger partial charge < -0.3 is 10.2 Å². The molecule has 0 rings (SSSR count). The Kier molecular flexibility index (Phi) is 21.6. The van der Waals surface area contributed by atoms with Crippen molar-refractivity contribution < 1.29 is 9.46 Å². The Hall–Kier alpha value is 0.150. The number of hydrogen-bond donors (Lipinski definition) is 2. The van der Waals surface area contributed by atoms with Crippen LogP contribution in [0, 0.1) is 0 Å². The number of rotatable bonds is 2. The molecule has 0 heterocycles. The Morgan fingerprint density at radius 2 is 1.75 bits per heavy atom. The number of hydrogen-bond acceptors (Lipinski definition) is 2. The first-order chi connectivity index (χ1) is 3.83. The van der Waals surface area contributed by atoms with Gasteiger partial charge in [-0.1, -0.05) is 13.8 Å². The molecule has 0 saturated heterocycles. The summed E-state index contributed by atoms with van der Waals surface area (Å²) in [4.78, 5) is 7.10. The summed E-state index contributed by atoms with van der Waals surface area (Å²) < 4.78 is 8.57. The standard InChI is InChI=1S/C4H11N.H3O2P/c1-3-5-4-2;1-3-2/h5H,3-4H2,1-2H3;3H2,(H,1,2). The first kappa shape index (κ1) is 11.0. The summed E-state index contributed by atoms with van der Waals surface area (Å²) in [5, 5.41) is 3.11. The third-order valence-corrected chi connectivity index (χ3v) is 0.500. The smallest absolute Gasteiger partial charge is 0.177 e. The van der Waals surface area contributed by atoms with Crippen molar-refractivity contribution in [2.45, 2.75) is 13.8 Å². The van der Waals surface area contributed by atoms with Crippen LogP contribution in [0.1, 0.15) is 13.8 Å². The van der Waals surface area contributed by atoms with E-state index in [1.54, 1.807) is 0 Å². The molecule has 0 spiro atoms. The highest BCUT2D eigenvalue weighted by atomic mass is 31.1. The Bertz CT molecular complexity index is 41.0. The van der Waals surface area contributed by atoms with E-state index < -0.39 is 8.69 Å². The second kappa shape index (κ2) is 15.7. The summed E-state index contributed by atoms with van der Waals surface area (Å²) in [6.07, 6.45) is 0. The molecule has 0 aliphatic heterocycles. The molecule has 1 unspecified atom stereocenters. The van der Waals surface area contributed by atoms with Gasteiger partial charge in [-0.3, -0.25) is 4.57 Å². The second-order valence-electron chi connectivity index (χ2n) is 1.06. The van der Waals surface area contributed by atoms with Gasteiger partial charge in [0.2, 0.25) is 0 Å². The SMILES string of the molecule is CCNCC.O=[PH2]O. The summed E-state index contributed by atoms with van der Waals surface area (Å²) in [7, 11) is -1.50. The molecule has 52 valence electrons. The minimum atomic E-state index is -1.50. The first-order valence-corrected chi connectivity index (χ1v) is 3.60. The Morgan fingerprint density at radius 3 is 1.75 bits per heavy atom. The maximum Gasteiger partial charge on any atom is 0.177 e. The van der Waals surface area contributed by atoms with Crippen molar-refractivity contribution in [2.24, 2.45) is 0 Å². The normalized spacial score (nSPS) is 8.88. The summed E-state index contributed by atoms with van der Waals surface area (Å²) in [6, 6.07) is 0. The third-order valence-electron chi connectivity index (χ3n) is 0.500. The van der Waals surface area contributed by atoms with Gasteiger partial charge in [-0.2, -0.15) is 0 Å². The zero-order chi connectivity index (χ0) is 6.83. The highest BCUT2D eigenvalue weighted by molar-refractivity contribution is 7.16. The molecular weight excluding hydrogens is 125 g/mol. The molecule has 0 radical (unpaired) electrons. The lowest BCUT2D eigenvalue weighted by molar-refractivity contribution is 0.524. The largest absolute Gasteiger partial charge is 0.348 e. The van der Waals surface area contributed by atoms with E-state index in [1.807, 2.05) is 0 Å². The lowest BCUT2D eigenvalue weighted by atomic mass is 10.7. The molecule has 0 aliphatic carbocycles. The lowest BCUT2D eigenvalue weighted by Crippen LogP contribution is -2.09. The Balaban J connectivity index is 0. The quantitative estimate of drug-likeness (QED) is 0.540. The summed E-state index contributed by atoms with van der Waals surface area (Å²) in [5.41, 5.74) is 0. The minimum Gasteiger partial charge on any atom is -0.348 e. The van der Waals surface area contributed by atoms with Gasteiger partial charge in [0.05, 0.1) is 0 Å². The second-order valence-corrected chi connectivity index (χ2v) is 1.27. The highest BCUT2D eigenvalue weighted by Crippen LogP contribution is 1.66. The molecule has 3 nitrogen and oxygen atoms in total. The average molecular weight is 139 g/mol. The average Bonchev–Trinajstić information content (AvgIpc) is 1.71. The molecule has 1 atom stereocenters. The van der Waals surface area contributed by atoms with E-state index in [2.05, 4.69) is 19.2 Å². The van der Waals surface area contributed by atoms with Crippen LogP contribution in [0.4, 0.5) is 0 Å².